The Morgan fingerprint density at radius 1 is 0.500 bits per heavy atom. The van der Waals surface area contributed by atoms with Crippen LogP contribution in [0.15, 0.2) is 48.5 Å². The third kappa shape index (κ3) is 7.97. The van der Waals surface area contributed by atoms with E-state index in [-0.39, 0.29) is 0 Å². The Morgan fingerprint density at radius 2 is 0.895 bits per heavy atom. The average Bonchev–Trinajstić information content (AvgIpc) is 2.94. The van der Waals surface area contributed by atoms with Crippen molar-refractivity contribution in [3.63, 3.8) is 0 Å². The molecule has 3 rings (SSSR count). The molecule has 6 heteroatoms. The minimum atomic E-state index is 0.736. The monoisotopic (exact) mass is 519 g/mol. The number of likely N-dealkylation sites (N-methyl/N-ethyl adjacent to an activating group) is 3. The molecule has 6 nitrogen and oxygen atoms in total. The van der Waals surface area contributed by atoms with Gasteiger partial charge in [-0.1, -0.05) is 36.4 Å². The molecule has 38 heavy (non-hydrogen) atoms. The predicted molar refractivity (Wildman–Crippen MR) is 157 cm³/mol. The Hall–Kier alpha value is -3.06. The van der Waals surface area contributed by atoms with Gasteiger partial charge >= 0.3 is 0 Å². The van der Waals surface area contributed by atoms with Crippen LogP contribution in [0, 0.1) is 0 Å². The largest absolute Gasteiger partial charge is 0.496 e. The van der Waals surface area contributed by atoms with Crippen LogP contribution in [0.25, 0.3) is 0 Å². The molecule has 0 saturated carbocycles. The SMILES string of the molecule is CNCCc1ccc(OC)c(Cc2cc(CCNC)cc(Cc3cc(CCNC)ccc3OC)c2OC)c1. The smallest absolute Gasteiger partial charge is 0.125 e. The molecule has 0 saturated heterocycles. The second-order valence-corrected chi connectivity index (χ2v) is 9.65. The molecule has 0 aliphatic rings. The van der Waals surface area contributed by atoms with Gasteiger partial charge in [-0.25, -0.2) is 0 Å². The van der Waals surface area contributed by atoms with Crippen molar-refractivity contribution in [2.45, 2.75) is 32.1 Å². The van der Waals surface area contributed by atoms with Crippen molar-refractivity contribution in [1.82, 2.24) is 16.0 Å². The Morgan fingerprint density at radius 3 is 1.26 bits per heavy atom. The van der Waals surface area contributed by atoms with Gasteiger partial charge in [-0.15, -0.1) is 0 Å². The lowest BCUT2D eigenvalue weighted by molar-refractivity contribution is 0.400. The standard InChI is InChI=1S/C32H45N3O3/c1-33-14-11-23-7-9-30(36-4)26(17-23)21-28-19-25(13-16-35-3)20-29(32(28)38-6)22-27-18-24(12-15-34-2)8-10-31(27)37-5/h7-10,17-20,33-35H,11-16,21-22H2,1-6H3. The number of hydrogen-bond donors (Lipinski definition) is 3. The lowest BCUT2D eigenvalue weighted by Crippen LogP contribution is -2.12. The fourth-order valence-electron chi connectivity index (χ4n) is 4.97. The Labute approximate surface area is 229 Å². The summed E-state index contributed by atoms with van der Waals surface area (Å²) in [6.45, 7) is 2.79. The zero-order valence-corrected chi connectivity index (χ0v) is 24.0. The van der Waals surface area contributed by atoms with Crippen molar-refractivity contribution >= 4 is 0 Å². The van der Waals surface area contributed by atoms with Crippen LogP contribution < -0.4 is 30.2 Å². The van der Waals surface area contributed by atoms with E-state index in [9.17, 15) is 0 Å². The van der Waals surface area contributed by atoms with E-state index in [1.54, 1.807) is 21.3 Å². The molecule has 0 amide bonds. The van der Waals surface area contributed by atoms with Crippen LogP contribution in [0.1, 0.15) is 38.9 Å². The van der Waals surface area contributed by atoms with Crippen LogP contribution in [-0.2, 0) is 32.1 Å². The van der Waals surface area contributed by atoms with Crippen LogP contribution in [0.5, 0.6) is 17.2 Å². The molecule has 0 aromatic heterocycles. The highest BCUT2D eigenvalue weighted by atomic mass is 16.5. The maximum absolute atomic E-state index is 6.10. The van der Waals surface area contributed by atoms with Crippen molar-refractivity contribution in [2.24, 2.45) is 0 Å². The molecule has 0 fully saturated rings. The minimum Gasteiger partial charge on any atom is -0.496 e. The molecule has 3 N–H and O–H groups in total. The van der Waals surface area contributed by atoms with E-state index in [4.69, 9.17) is 14.2 Å². The summed E-state index contributed by atoms with van der Waals surface area (Å²) in [5.74, 6) is 2.74. The van der Waals surface area contributed by atoms with E-state index in [2.05, 4.69) is 64.5 Å². The van der Waals surface area contributed by atoms with Gasteiger partial charge in [-0.3, -0.25) is 0 Å². The number of methoxy groups -OCH3 is 3. The first-order valence-electron chi connectivity index (χ1n) is 13.5. The summed E-state index contributed by atoms with van der Waals surface area (Å²) < 4.78 is 17.6. The number of nitrogens with one attached hydrogen (secondary N) is 3. The normalized spacial score (nSPS) is 11.0. The zero-order valence-electron chi connectivity index (χ0n) is 24.0. The van der Waals surface area contributed by atoms with Crippen molar-refractivity contribution in [2.75, 3.05) is 62.1 Å². The predicted octanol–water partition coefficient (Wildman–Crippen LogP) is 4.18. The van der Waals surface area contributed by atoms with Gasteiger partial charge in [-0.2, -0.15) is 0 Å². The molecule has 0 bridgehead atoms. The molecule has 0 aliphatic carbocycles. The summed E-state index contributed by atoms with van der Waals surface area (Å²) >= 11 is 0. The quantitative estimate of drug-likeness (QED) is 0.264. The lowest BCUT2D eigenvalue weighted by atomic mass is 9.92. The maximum atomic E-state index is 6.10. The van der Waals surface area contributed by atoms with E-state index in [1.807, 2.05) is 21.1 Å². The fraction of sp³-hybridized carbons (Fsp3) is 0.438. The van der Waals surface area contributed by atoms with Crippen molar-refractivity contribution in [3.8, 4) is 17.2 Å². The Balaban J connectivity index is 2.05. The lowest BCUT2D eigenvalue weighted by Gasteiger charge is -2.19. The molecular formula is C32H45N3O3. The van der Waals surface area contributed by atoms with Gasteiger partial charge in [0.2, 0.25) is 0 Å². The van der Waals surface area contributed by atoms with E-state index in [0.717, 1.165) is 69.0 Å². The number of ether oxygens (including phenoxy) is 3. The summed E-state index contributed by atoms with van der Waals surface area (Å²) in [5.41, 5.74) is 8.56. The van der Waals surface area contributed by atoms with E-state index in [1.165, 1.54) is 38.9 Å². The fourth-order valence-corrected chi connectivity index (χ4v) is 4.97. The zero-order chi connectivity index (χ0) is 27.3. The van der Waals surface area contributed by atoms with Gasteiger partial charge in [0.1, 0.15) is 17.2 Å². The van der Waals surface area contributed by atoms with Gasteiger partial charge in [-0.05, 0) is 111 Å². The Kier molecular flexibility index (Phi) is 11.9. The van der Waals surface area contributed by atoms with E-state index in [0.29, 0.717) is 0 Å². The topological polar surface area (TPSA) is 63.8 Å². The molecule has 3 aromatic carbocycles. The number of hydrogen-bond acceptors (Lipinski definition) is 6. The molecule has 0 heterocycles. The first kappa shape index (κ1) is 29.5. The molecular weight excluding hydrogens is 474 g/mol. The summed E-state index contributed by atoms with van der Waals surface area (Å²) in [6.07, 6.45) is 4.36. The molecule has 206 valence electrons. The first-order valence-corrected chi connectivity index (χ1v) is 13.5. The summed E-state index contributed by atoms with van der Waals surface area (Å²) in [4.78, 5) is 0. The van der Waals surface area contributed by atoms with E-state index >= 15 is 0 Å². The molecule has 0 radical (unpaired) electrons. The maximum Gasteiger partial charge on any atom is 0.125 e. The highest BCUT2D eigenvalue weighted by molar-refractivity contribution is 5.52. The number of rotatable bonds is 16. The highest BCUT2D eigenvalue weighted by Gasteiger charge is 2.17. The first-order chi connectivity index (χ1) is 18.6. The second kappa shape index (κ2) is 15.4. The van der Waals surface area contributed by atoms with Gasteiger partial charge in [0.25, 0.3) is 0 Å². The second-order valence-electron chi connectivity index (χ2n) is 9.65. The van der Waals surface area contributed by atoms with Crippen molar-refractivity contribution in [3.05, 3.63) is 87.5 Å². The van der Waals surface area contributed by atoms with Gasteiger partial charge in [0, 0.05) is 12.8 Å². The van der Waals surface area contributed by atoms with Crippen LogP contribution in [-0.4, -0.2) is 62.1 Å². The summed E-state index contributed by atoms with van der Waals surface area (Å²) in [6, 6.07) is 17.6. The third-order valence-corrected chi connectivity index (χ3v) is 6.95. The number of benzene rings is 3. The van der Waals surface area contributed by atoms with Crippen molar-refractivity contribution < 1.29 is 14.2 Å². The van der Waals surface area contributed by atoms with Gasteiger partial charge < -0.3 is 30.2 Å². The van der Waals surface area contributed by atoms with E-state index < -0.39 is 0 Å². The van der Waals surface area contributed by atoms with Gasteiger partial charge in [0.05, 0.1) is 21.3 Å². The Bertz CT molecular complexity index is 1080. The van der Waals surface area contributed by atoms with Crippen LogP contribution in [0.3, 0.4) is 0 Å². The minimum absolute atomic E-state index is 0.736. The summed E-state index contributed by atoms with van der Waals surface area (Å²) in [7, 11) is 11.2. The van der Waals surface area contributed by atoms with Crippen LogP contribution in [0.2, 0.25) is 0 Å². The van der Waals surface area contributed by atoms with Crippen molar-refractivity contribution in [1.29, 1.82) is 0 Å². The molecule has 3 aromatic rings. The van der Waals surface area contributed by atoms with Crippen LogP contribution in [0.4, 0.5) is 0 Å². The highest BCUT2D eigenvalue weighted by Crippen LogP contribution is 2.34. The summed E-state index contributed by atoms with van der Waals surface area (Å²) in [5, 5.41) is 9.78. The molecule has 0 spiro atoms. The third-order valence-electron chi connectivity index (χ3n) is 6.95. The molecule has 0 aliphatic heterocycles. The molecule has 0 unspecified atom stereocenters. The average molecular weight is 520 g/mol. The van der Waals surface area contributed by atoms with Gasteiger partial charge in [0.15, 0.2) is 0 Å². The van der Waals surface area contributed by atoms with Crippen LogP contribution >= 0.6 is 0 Å². The molecule has 0 atom stereocenters.